The smallest absolute Gasteiger partial charge is 0.142 e. The number of halogens is 1. The topological polar surface area (TPSA) is 46.9 Å². The second kappa shape index (κ2) is 4.70. The molecule has 1 spiro atoms. The van der Waals surface area contributed by atoms with Crippen molar-refractivity contribution in [3.63, 3.8) is 0 Å². The molecule has 1 unspecified atom stereocenters. The van der Waals surface area contributed by atoms with Crippen molar-refractivity contribution in [3.05, 3.63) is 15.9 Å². The van der Waals surface area contributed by atoms with Crippen LogP contribution < -0.4 is 5.32 Å². The number of carbonyl (C=O) groups excluding carboxylic acids is 1. The van der Waals surface area contributed by atoms with Gasteiger partial charge in [-0.25, -0.2) is 0 Å². The normalized spacial score (nSPS) is 24.7. The Morgan fingerprint density at radius 2 is 2.21 bits per heavy atom. The Morgan fingerprint density at radius 1 is 1.53 bits per heavy atom. The van der Waals surface area contributed by atoms with Crippen molar-refractivity contribution >= 4 is 21.7 Å². The number of ketones is 1. The predicted molar refractivity (Wildman–Crippen MR) is 77.0 cm³/mol. The Bertz CT molecular complexity index is 517. The van der Waals surface area contributed by atoms with E-state index in [0.717, 1.165) is 48.2 Å². The molecule has 4 nitrogen and oxygen atoms in total. The molecule has 1 aromatic heterocycles. The molecular formula is C14H20BrN3O. The molecule has 0 bridgehead atoms. The molecule has 0 amide bonds. The molecule has 0 aromatic carbocycles. The van der Waals surface area contributed by atoms with Crippen LogP contribution in [0, 0.1) is 18.3 Å². The monoisotopic (exact) mass is 325 g/mol. The first-order chi connectivity index (χ1) is 9.03. The van der Waals surface area contributed by atoms with Crippen LogP contribution in [0.25, 0.3) is 0 Å². The molecule has 3 rings (SSSR count). The molecule has 5 heteroatoms. The zero-order valence-corrected chi connectivity index (χ0v) is 13.1. The summed E-state index contributed by atoms with van der Waals surface area (Å²) in [6.45, 7) is 4.10. The van der Waals surface area contributed by atoms with Crippen molar-refractivity contribution < 1.29 is 4.79 Å². The van der Waals surface area contributed by atoms with Crippen LogP contribution in [0.3, 0.4) is 0 Å². The molecule has 19 heavy (non-hydrogen) atoms. The molecule has 1 aliphatic heterocycles. The average molecular weight is 326 g/mol. The average Bonchev–Trinajstić information content (AvgIpc) is 3.02. The molecule has 104 valence electrons. The van der Waals surface area contributed by atoms with E-state index in [2.05, 4.69) is 26.3 Å². The molecule has 0 radical (unpaired) electrons. The van der Waals surface area contributed by atoms with Crippen LogP contribution in [0.5, 0.6) is 0 Å². The number of aryl methyl sites for hydroxylation is 2. The maximum Gasteiger partial charge on any atom is 0.142 e. The Morgan fingerprint density at radius 3 is 2.79 bits per heavy atom. The molecule has 1 saturated carbocycles. The summed E-state index contributed by atoms with van der Waals surface area (Å²) in [5.74, 6) is 0.683. The third kappa shape index (κ3) is 2.27. The maximum absolute atomic E-state index is 12.5. The van der Waals surface area contributed by atoms with Crippen molar-refractivity contribution in [2.75, 3.05) is 13.1 Å². The molecular weight excluding hydrogens is 306 g/mol. The summed E-state index contributed by atoms with van der Waals surface area (Å²) in [5.41, 5.74) is 2.30. The number of nitrogens with zero attached hydrogens (tertiary/aromatic N) is 2. The molecule has 1 aliphatic carbocycles. The molecule has 2 heterocycles. The SMILES string of the molecule is Cc1nn(C)c(CC(=O)C2CC23CCNCC3)c1Br. The highest BCUT2D eigenvalue weighted by Crippen LogP contribution is 2.59. The van der Waals surface area contributed by atoms with Gasteiger partial charge in [0.1, 0.15) is 5.78 Å². The predicted octanol–water partition coefficient (Wildman–Crippen LogP) is 1.99. The minimum Gasteiger partial charge on any atom is -0.317 e. The lowest BCUT2D eigenvalue weighted by Gasteiger charge is -2.23. The van der Waals surface area contributed by atoms with Crippen molar-refractivity contribution in [3.8, 4) is 0 Å². The first kappa shape index (κ1) is 13.3. The number of aromatic nitrogens is 2. The van der Waals surface area contributed by atoms with E-state index in [9.17, 15) is 4.79 Å². The van der Waals surface area contributed by atoms with Crippen LogP contribution in [0.2, 0.25) is 0 Å². The summed E-state index contributed by atoms with van der Waals surface area (Å²) in [4.78, 5) is 12.5. The van der Waals surface area contributed by atoms with Crippen molar-refractivity contribution in [1.82, 2.24) is 15.1 Å². The van der Waals surface area contributed by atoms with E-state index in [1.165, 1.54) is 0 Å². The quantitative estimate of drug-likeness (QED) is 0.924. The van der Waals surface area contributed by atoms with E-state index in [1.54, 1.807) is 0 Å². The minimum atomic E-state index is 0.289. The lowest BCUT2D eigenvalue weighted by Crippen LogP contribution is -2.31. The molecule has 1 saturated heterocycles. The van der Waals surface area contributed by atoms with Crippen molar-refractivity contribution in [1.29, 1.82) is 0 Å². The van der Waals surface area contributed by atoms with Gasteiger partial charge in [0.2, 0.25) is 0 Å². The zero-order valence-electron chi connectivity index (χ0n) is 11.5. The largest absolute Gasteiger partial charge is 0.317 e. The third-order valence-electron chi connectivity index (χ3n) is 4.78. The van der Waals surface area contributed by atoms with Gasteiger partial charge >= 0.3 is 0 Å². The van der Waals surface area contributed by atoms with Crippen LogP contribution in [-0.2, 0) is 18.3 Å². The Balaban J connectivity index is 1.69. The summed E-state index contributed by atoms with van der Waals surface area (Å²) in [7, 11) is 1.91. The van der Waals surface area contributed by atoms with E-state index in [0.29, 0.717) is 17.6 Å². The van der Waals surface area contributed by atoms with Gasteiger partial charge in [-0.05, 0) is 60.6 Å². The number of Topliss-reactive ketones (excluding diaryl/α,β-unsaturated/α-hetero) is 1. The highest BCUT2D eigenvalue weighted by atomic mass is 79.9. The van der Waals surface area contributed by atoms with Gasteiger partial charge in [-0.15, -0.1) is 0 Å². The van der Waals surface area contributed by atoms with Gasteiger partial charge in [0, 0.05) is 19.4 Å². The van der Waals surface area contributed by atoms with Gasteiger partial charge in [-0.1, -0.05) is 0 Å². The Hall–Kier alpha value is -0.680. The van der Waals surface area contributed by atoms with Gasteiger partial charge in [0.15, 0.2) is 0 Å². The Kier molecular flexibility index (Phi) is 3.29. The highest BCUT2D eigenvalue weighted by Gasteiger charge is 2.57. The molecule has 1 atom stereocenters. The van der Waals surface area contributed by atoms with E-state index in [-0.39, 0.29) is 5.92 Å². The third-order valence-corrected chi connectivity index (χ3v) is 5.81. The van der Waals surface area contributed by atoms with E-state index in [1.807, 2.05) is 18.7 Å². The van der Waals surface area contributed by atoms with E-state index >= 15 is 0 Å². The fourth-order valence-electron chi connectivity index (χ4n) is 3.44. The maximum atomic E-state index is 12.5. The van der Waals surface area contributed by atoms with Gasteiger partial charge in [0.05, 0.1) is 15.9 Å². The lowest BCUT2D eigenvalue weighted by atomic mass is 9.90. The second-order valence-electron chi connectivity index (χ2n) is 5.98. The number of nitrogens with one attached hydrogen (secondary N) is 1. The summed E-state index contributed by atoms with van der Waals surface area (Å²) in [6.07, 6.45) is 3.93. The van der Waals surface area contributed by atoms with Crippen LogP contribution >= 0.6 is 15.9 Å². The number of carbonyl (C=O) groups is 1. The van der Waals surface area contributed by atoms with Crippen molar-refractivity contribution in [2.45, 2.75) is 32.6 Å². The fraction of sp³-hybridized carbons (Fsp3) is 0.714. The number of piperidine rings is 1. The van der Waals surface area contributed by atoms with E-state index in [4.69, 9.17) is 0 Å². The van der Waals surface area contributed by atoms with Crippen LogP contribution in [0.1, 0.15) is 30.7 Å². The summed E-state index contributed by atoms with van der Waals surface area (Å²) in [5, 5.41) is 7.73. The number of rotatable bonds is 3. The molecule has 1 aromatic rings. The lowest BCUT2D eigenvalue weighted by molar-refractivity contribution is -0.120. The zero-order chi connectivity index (χ0) is 13.6. The first-order valence-corrected chi connectivity index (χ1v) is 7.74. The van der Waals surface area contributed by atoms with Crippen LogP contribution in [-0.4, -0.2) is 28.7 Å². The van der Waals surface area contributed by atoms with E-state index < -0.39 is 0 Å². The van der Waals surface area contributed by atoms with Gasteiger partial charge in [-0.2, -0.15) is 5.10 Å². The number of hydrogen-bond acceptors (Lipinski definition) is 3. The van der Waals surface area contributed by atoms with Gasteiger partial charge in [-0.3, -0.25) is 9.48 Å². The Labute approximate surface area is 122 Å². The highest BCUT2D eigenvalue weighted by molar-refractivity contribution is 9.10. The van der Waals surface area contributed by atoms with Crippen LogP contribution in [0.4, 0.5) is 0 Å². The van der Waals surface area contributed by atoms with Crippen molar-refractivity contribution in [2.24, 2.45) is 18.4 Å². The van der Waals surface area contributed by atoms with Gasteiger partial charge in [0.25, 0.3) is 0 Å². The summed E-state index contributed by atoms with van der Waals surface area (Å²) in [6, 6.07) is 0. The molecule has 1 N–H and O–H groups in total. The molecule has 2 aliphatic rings. The number of hydrogen-bond donors (Lipinski definition) is 1. The minimum absolute atomic E-state index is 0.289. The fourth-order valence-corrected chi connectivity index (χ4v) is 3.92. The second-order valence-corrected chi connectivity index (χ2v) is 6.77. The first-order valence-electron chi connectivity index (χ1n) is 6.95. The molecule has 2 fully saturated rings. The summed E-state index contributed by atoms with van der Waals surface area (Å²) >= 11 is 3.54. The summed E-state index contributed by atoms with van der Waals surface area (Å²) < 4.78 is 2.82. The standard InChI is InChI=1S/C14H20BrN3O/c1-9-13(15)11(18(2)17-9)7-12(19)10-8-14(10)3-5-16-6-4-14/h10,16H,3-8H2,1-2H3. The van der Waals surface area contributed by atoms with Crippen LogP contribution in [0.15, 0.2) is 4.47 Å². The van der Waals surface area contributed by atoms with Gasteiger partial charge < -0.3 is 5.32 Å².